The number of hydrogen-bond acceptors (Lipinski definition) is 1. The topological polar surface area (TPSA) is 20.3 Å². The molecule has 114 valence electrons. The second-order valence-corrected chi connectivity index (χ2v) is 6.44. The van der Waals surface area contributed by atoms with Crippen molar-refractivity contribution >= 4 is 5.91 Å². The zero-order chi connectivity index (χ0) is 15.4. The van der Waals surface area contributed by atoms with Gasteiger partial charge in [-0.3, -0.25) is 4.79 Å². The maximum atomic E-state index is 13.9. The standard InChI is InChI=1S/C16H18F3NO/c1-15(16(2,18)19)9-12-6-7-13(20(12)14(15)21)10-4-3-5-11(17)8-10/h3-5,8,12-13H,6-7,9H2,1-2H3/t12-,13+,15+/m1/s1. The van der Waals surface area contributed by atoms with Crippen LogP contribution in [0.5, 0.6) is 0 Å². The van der Waals surface area contributed by atoms with Crippen LogP contribution in [0, 0.1) is 11.2 Å². The van der Waals surface area contributed by atoms with Crippen LogP contribution in [0.15, 0.2) is 24.3 Å². The van der Waals surface area contributed by atoms with Gasteiger partial charge in [-0.15, -0.1) is 0 Å². The molecule has 2 aliphatic rings. The molecule has 0 spiro atoms. The van der Waals surface area contributed by atoms with Crippen molar-refractivity contribution in [1.82, 2.24) is 4.90 Å². The number of benzene rings is 1. The fourth-order valence-electron chi connectivity index (χ4n) is 3.64. The maximum Gasteiger partial charge on any atom is 0.259 e. The van der Waals surface area contributed by atoms with E-state index in [1.54, 1.807) is 17.0 Å². The van der Waals surface area contributed by atoms with E-state index < -0.39 is 17.2 Å². The van der Waals surface area contributed by atoms with Crippen LogP contribution in [0.1, 0.15) is 44.7 Å². The summed E-state index contributed by atoms with van der Waals surface area (Å²) in [5.74, 6) is -3.93. The minimum atomic E-state index is -3.05. The Hall–Kier alpha value is -1.52. The van der Waals surface area contributed by atoms with E-state index in [1.807, 2.05) is 0 Å². The van der Waals surface area contributed by atoms with Gasteiger partial charge in [-0.1, -0.05) is 12.1 Å². The lowest BCUT2D eigenvalue weighted by atomic mass is 9.80. The smallest absolute Gasteiger partial charge is 0.259 e. The molecule has 0 radical (unpaired) electrons. The predicted octanol–water partition coefficient (Wildman–Crippen LogP) is 3.92. The zero-order valence-corrected chi connectivity index (χ0v) is 12.1. The molecule has 3 atom stereocenters. The van der Waals surface area contributed by atoms with E-state index in [4.69, 9.17) is 0 Å². The average molecular weight is 297 g/mol. The number of halogens is 3. The van der Waals surface area contributed by atoms with Crippen molar-refractivity contribution in [3.63, 3.8) is 0 Å². The number of amides is 1. The Balaban J connectivity index is 1.95. The fourth-order valence-corrected chi connectivity index (χ4v) is 3.64. The van der Waals surface area contributed by atoms with Gasteiger partial charge in [-0.25, -0.2) is 13.2 Å². The van der Waals surface area contributed by atoms with Crippen molar-refractivity contribution in [2.24, 2.45) is 5.41 Å². The van der Waals surface area contributed by atoms with E-state index in [0.29, 0.717) is 18.4 Å². The van der Waals surface area contributed by atoms with E-state index in [1.165, 1.54) is 19.1 Å². The van der Waals surface area contributed by atoms with Crippen molar-refractivity contribution in [2.45, 2.75) is 51.1 Å². The Morgan fingerprint density at radius 3 is 2.67 bits per heavy atom. The van der Waals surface area contributed by atoms with Gasteiger partial charge in [0.05, 0.1) is 6.04 Å². The summed E-state index contributed by atoms with van der Waals surface area (Å²) >= 11 is 0. The Morgan fingerprint density at radius 2 is 2.05 bits per heavy atom. The molecule has 0 N–H and O–H groups in total. The molecule has 1 amide bonds. The number of rotatable bonds is 2. The van der Waals surface area contributed by atoms with Crippen molar-refractivity contribution < 1.29 is 18.0 Å². The van der Waals surface area contributed by atoms with Gasteiger partial charge in [0.25, 0.3) is 5.92 Å². The number of carbonyl (C=O) groups excluding carboxylic acids is 1. The lowest BCUT2D eigenvalue weighted by molar-refractivity contribution is -0.156. The average Bonchev–Trinajstić information content (AvgIpc) is 2.89. The fraction of sp³-hybridized carbons (Fsp3) is 0.562. The van der Waals surface area contributed by atoms with Gasteiger partial charge in [0.2, 0.25) is 5.91 Å². The first-order valence-electron chi connectivity index (χ1n) is 7.20. The maximum absolute atomic E-state index is 13.9. The molecule has 0 unspecified atom stereocenters. The number of nitrogens with zero attached hydrogens (tertiary/aromatic N) is 1. The summed E-state index contributed by atoms with van der Waals surface area (Å²) in [6, 6.07) is 5.62. The van der Waals surface area contributed by atoms with Crippen molar-refractivity contribution in [1.29, 1.82) is 0 Å². The highest BCUT2D eigenvalue weighted by Crippen LogP contribution is 2.54. The third kappa shape index (κ3) is 2.05. The van der Waals surface area contributed by atoms with Crippen LogP contribution in [0.3, 0.4) is 0 Å². The predicted molar refractivity (Wildman–Crippen MR) is 72.4 cm³/mol. The minimum absolute atomic E-state index is 0.165. The number of fused-ring (bicyclic) bond motifs is 1. The largest absolute Gasteiger partial charge is 0.332 e. The van der Waals surface area contributed by atoms with E-state index in [0.717, 1.165) is 6.92 Å². The van der Waals surface area contributed by atoms with E-state index >= 15 is 0 Å². The Bertz CT molecular complexity index is 583. The highest BCUT2D eigenvalue weighted by molar-refractivity contribution is 5.87. The van der Waals surface area contributed by atoms with Gasteiger partial charge < -0.3 is 4.90 Å². The molecule has 1 aromatic rings. The second-order valence-electron chi connectivity index (χ2n) is 6.44. The quantitative estimate of drug-likeness (QED) is 0.810. The normalized spacial score (nSPS) is 32.6. The molecule has 0 bridgehead atoms. The SMILES string of the molecule is CC(F)(F)[C@@]1(C)C[C@H]2CC[C@@H](c3cccc(F)c3)N2C1=O. The van der Waals surface area contributed by atoms with Crippen LogP contribution in [-0.2, 0) is 4.79 Å². The van der Waals surface area contributed by atoms with Crippen LogP contribution >= 0.6 is 0 Å². The van der Waals surface area contributed by atoms with Gasteiger partial charge in [-0.2, -0.15) is 0 Å². The van der Waals surface area contributed by atoms with E-state index in [2.05, 4.69) is 0 Å². The molecule has 1 aromatic carbocycles. The van der Waals surface area contributed by atoms with Gasteiger partial charge >= 0.3 is 0 Å². The van der Waals surface area contributed by atoms with Crippen molar-refractivity contribution in [3.05, 3.63) is 35.6 Å². The van der Waals surface area contributed by atoms with Crippen LogP contribution < -0.4 is 0 Å². The van der Waals surface area contributed by atoms with Crippen LogP contribution in [0.4, 0.5) is 13.2 Å². The molecule has 2 heterocycles. The lowest BCUT2D eigenvalue weighted by Crippen LogP contribution is -2.44. The van der Waals surface area contributed by atoms with E-state index in [-0.39, 0.29) is 24.3 Å². The molecule has 3 rings (SSSR count). The van der Waals surface area contributed by atoms with Crippen LogP contribution in [0.25, 0.3) is 0 Å². The molecule has 21 heavy (non-hydrogen) atoms. The second kappa shape index (κ2) is 4.49. The van der Waals surface area contributed by atoms with E-state index in [9.17, 15) is 18.0 Å². The molecule has 2 aliphatic heterocycles. The molecule has 2 nitrogen and oxygen atoms in total. The molecule has 0 aliphatic carbocycles. The third-order valence-corrected chi connectivity index (χ3v) is 5.06. The van der Waals surface area contributed by atoms with Crippen LogP contribution in [0.2, 0.25) is 0 Å². The summed E-state index contributed by atoms with van der Waals surface area (Å²) in [6.45, 7) is 2.15. The summed E-state index contributed by atoms with van der Waals surface area (Å²) in [6.07, 6.45) is 1.56. The van der Waals surface area contributed by atoms with Crippen molar-refractivity contribution in [2.75, 3.05) is 0 Å². The molecule has 0 saturated carbocycles. The molecule has 2 fully saturated rings. The van der Waals surface area contributed by atoms with Gasteiger partial charge in [-0.05, 0) is 43.9 Å². The summed E-state index contributed by atoms with van der Waals surface area (Å²) in [4.78, 5) is 14.1. The summed E-state index contributed by atoms with van der Waals surface area (Å²) in [5.41, 5.74) is -0.960. The third-order valence-electron chi connectivity index (χ3n) is 5.06. The Kier molecular flexibility index (Phi) is 3.08. The Morgan fingerprint density at radius 1 is 1.33 bits per heavy atom. The zero-order valence-electron chi connectivity index (χ0n) is 12.1. The minimum Gasteiger partial charge on any atom is -0.332 e. The number of hydrogen-bond donors (Lipinski definition) is 0. The number of alkyl halides is 2. The van der Waals surface area contributed by atoms with Crippen molar-refractivity contribution in [3.8, 4) is 0 Å². The lowest BCUT2D eigenvalue weighted by Gasteiger charge is -2.31. The van der Waals surface area contributed by atoms with Gasteiger partial charge in [0.15, 0.2) is 0 Å². The molecular formula is C16H18F3NO. The highest BCUT2D eigenvalue weighted by atomic mass is 19.3. The first kappa shape index (κ1) is 14.4. The summed E-state index contributed by atoms with van der Waals surface area (Å²) in [7, 11) is 0. The summed E-state index contributed by atoms with van der Waals surface area (Å²) < 4.78 is 41.1. The molecule has 0 aromatic heterocycles. The summed E-state index contributed by atoms with van der Waals surface area (Å²) in [5, 5.41) is 0. The number of carbonyl (C=O) groups is 1. The molecule has 2 saturated heterocycles. The first-order valence-corrected chi connectivity index (χ1v) is 7.20. The Labute approximate surface area is 121 Å². The molecule has 5 heteroatoms. The first-order chi connectivity index (χ1) is 9.74. The van der Waals surface area contributed by atoms with Gasteiger partial charge in [0.1, 0.15) is 11.2 Å². The highest BCUT2D eigenvalue weighted by Gasteiger charge is 2.62. The van der Waals surface area contributed by atoms with Crippen LogP contribution in [-0.4, -0.2) is 22.8 Å². The monoisotopic (exact) mass is 297 g/mol. The van der Waals surface area contributed by atoms with Gasteiger partial charge in [0, 0.05) is 13.0 Å². The molecular weight excluding hydrogens is 279 g/mol.